The van der Waals surface area contributed by atoms with Crippen LogP contribution in [-0.2, 0) is 0 Å². The SMILES string of the molecule is CC(C)c1cccc(N2CCN(c3ccncc3N)CC2)c1. The number of benzene rings is 1. The number of anilines is 3. The summed E-state index contributed by atoms with van der Waals surface area (Å²) in [6, 6.07) is 10.9. The van der Waals surface area contributed by atoms with Gasteiger partial charge in [-0.3, -0.25) is 4.98 Å². The molecule has 2 heterocycles. The highest BCUT2D eigenvalue weighted by Crippen LogP contribution is 2.26. The summed E-state index contributed by atoms with van der Waals surface area (Å²) < 4.78 is 0. The second-order valence-corrected chi connectivity index (χ2v) is 6.16. The molecule has 1 aromatic carbocycles. The largest absolute Gasteiger partial charge is 0.396 e. The van der Waals surface area contributed by atoms with E-state index in [1.165, 1.54) is 11.3 Å². The number of nitrogen functional groups attached to an aromatic ring is 1. The molecule has 2 aromatic rings. The predicted octanol–water partition coefficient (Wildman–Crippen LogP) is 3.11. The van der Waals surface area contributed by atoms with Crippen LogP contribution in [0.3, 0.4) is 0 Å². The molecule has 116 valence electrons. The van der Waals surface area contributed by atoms with E-state index in [-0.39, 0.29) is 0 Å². The van der Waals surface area contributed by atoms with Crippen LogP contribution < -0.4 is 15.5 Å². The molecule has 22 heavy (non-hydrogen) atoms. The molecule has 0 amide bonds. The summed E-state index contributed by atoms with van der Waals surface area (Å²) >= 11 is 0. The Hall–Kier alpha value is -2.23. The average Bonchev–Trinajstić information content (AvgIpc) is 2.56. The molecule has 2 N–H and O–H groups in total. The maximum Gasteiger partial charge on any atom is 0.0738 e. The zero-order chi connectivity index (χ0) is 15.5. The lowest BCUT2D eigenvalue weighted by molar-refractivity contribution is 0.653. The fourth-order valence-electron chi connectivity index (χ4n) is 2.97. The molecule has 0 atom stereocenters. The van der Waals surface area contributed by atoms with Crippen LogP contribution >= 0.6 is 0 Å². The first-order valence-electron chi connectivity index (χ1n) is 7.94. The van der Waals surface area contributed by atoms with Gasteiger partial charge in [-0.05, 0) is 29.7 Å². The van der Waals surface area contributed by atoms with Gasteiger partial charge in [0.2, 0.25) is 0 Å². The second kappa shape index (κ2) is 6.26. The van der Waals surface area contributed by atoms with Crippen molar-refractivity contribution < 1.29 is 0 Å². The molecule has 4 nitrogen and oxygen atoms in total. The summed E-state index contributed by atoms with van der Waals surface area (Å²) in [7, 11) is 0. The minimum Gasteiger partial charge on any atom is -0.396 e. The molecule has 1 saturated heterocycles. The number of hydrogen-bond donors (Lipinski definition) is 1. The van der Waals surface area contributed by atoms with Gasteiger partial charge in [0.05, 0.1) is 17.6 Å². The zero-order valence-corrected chi connectivity index (χ0v) is 13.4. The van der Waals surface area contributed by atoms with Crippen LogP contribution in [0.25, 0.3) is 0 Å². The Morgan fingerprint density at radius 1 is 1.05 bits per heavy atom. The summed E-state index contributed by atoms with van der Waals surface area (Å²) in [5.41, 5.74) is 10.6. The van der Waals surface area contributed by atoms with E-state index in [1.54, 1.807) is 6.20 Å². The van der Waals surface area contributed by atoms with E-state index in [1.807, 2.05) is 12.3 Å². The fourth-order valence-corrected chi connectivity index (χ4v) is 2.97. The fraction of sp³-hybridized carbons (Fsp3) is 0.389. The maximum atomic E-state index is 6.03. The normalized spacial score (nSPS) is 15.4. The van der Waals surface area contributed by atoms with E-state index in [2.05, 4.69) is 52.9 Å². The van der Waals surface area contributed by atoms with Crippen molar-refractivity contribution in [3.05, 3.63) is 48.3 Å². The van der Waals surface area contributed by atoms with Gasteiger partial charge in [-0.1, -0.05) is 26.0 Å². The smallest absolute Gasteiger partial charge is 0.0738 e. The molecule has 0 radical (unpaired) electrons. The molecular formula is C18H24N4. The lowest BCUT2D eigenvalue weighted by Gasteiger charge is -2.38. The van der Waals surface area contributed by atoms with Gasteiger partial charge in [0, 0.05) is 38.1 Å². The Morgan fingerprint density at radius 2 is 1.77 bits per heavy atom. The Labute approximate surface area is 132 Å². The quantitative estimate of drug-likeness (QED) is 0.945. The summed E-state index contributed by atoms with van der Waals surface area (Å²) in [5, 5.41) is 0. The van der Waals surface area contributed by atoms with Crippen molar-refractivity contribution in [2.75, 3.05) is 41.7 Å². The Bertz CT molecular complexity index is 630. The highest BCUT2D eigenvalue weighted by Gasteiger charge is 2.19. The van der Waals surface area contributed by atoms with E-state index >= 15 is 0 Å². The second-order valence-electron chi connectivity index (χ2n) is 6.16. The van der Waals surface area contributed by atoms with Crippen LogP contribution in [0.5, 0.6) is 0 Å². The summed E-state index contributed by atoms with van der Waals surface area (Å²) in [6.07, 6.45) is 3.54. The van der Waals surface area contributed by atoms with Gasteiger partial charge < -0.3 is 15.5 Å². The monoisotopic (exact) mass is 296 g/mol. The van der Waals surface area contributed by atoms with Crippen molar-refractivity contribution >= 4 is 17.1 Å². The molecule has 1 aliphatic rings. The molecule has 0 bridgehead atoms. The van der Waals surface area contributed by atoms with Gasteiger partial charge >= 0.3 is 0 Å². The molecule has 0 spiro atoms. The third-order valence-corrected chi connectivity index (χ3v) is 4.35. The molecular weight excluding hydrogens is 272 g/mol. The van der Waals surface area contributed by atoms with Crippen molar-refractivity contribution in [3.63, 3.8) is 0 Å². The number of piperazine rings is 1. The van der Waals surface area contributed by atoms with Crippen molar-refractivity contribution in [1.29, 1.82) is 0 Å². The Balaban J connectivity index is 1.69. The van der Waals surface area contributed by atoms with Crippen molar-refractivity contribution in [2.24, 2.45) is 0 Å². The molecule has 1 aromatic heterocycles. The van der Waals surface area contributed by atoms with E-state index in [0.717, 1.165) is 37.6 Å². The van der Waals surface area contributed by atoms with Gasteiger partial charge in [-0.25, -0.2) is 0 Å². The third-order valence-electron chi connectivity index (χ3n) is 4.35. The first kappa shape index (κ1) is 14.7. The van der Waals surface area contributed by atoms with Crippen LogP contribution in [0.15, 0.2) is 42.7 Å². The van der Waals surface area contributed by atoms with Crippen LogP contribution in [0.2, 0.25) is 0 Å². The summed E-state index contributed by atoms with van der Waals surface area (Å²) in [5.74, 6) is 0.567. The highest BCUT2D eigenvalue weighted by atomic mass is 15.3. The molecule has 0 unspecified atom stereocenters. The van der Waals surface area contributed by atoms with Gasteiger partial charge in [-0.2, -0.15) is 0 Å². The van der Waals surface area contributed by atoms with Crippen LogP contribution in [0, 0.1) is 0 Å². The van der Waals surface area contributed by atoms with Crippen LogP contribution in [0.4, 0.5) is 17.1 Å². The van der Waals surface area contributed by atoms with Gasteiger partial charge in [0.1, 0.15) is 0 Å². The maximum absolute atomic E-state index is 6.03. The van der Waals surface area contributed by atoms with Gasteiger partial charge in [-0.15, -0.1) is 0 Å². The minimum atomic E-state index is 0.567. The number of nitrogens with zero attached hydrogens (tertiary/aromatic N) is 3. The highest BCUT2D eigenvalue weighted by molar-refractivity contribution is 5.66. The number of aromatic nitrogens is 1. The van der Waals surface area contributed by atoms with E-state index in [0.29, 0.717) is 5.92 Å². The summed E-state index contributed by atoms with van der Waals surface area (Å²) in [6.45, 7) is 8.49. The predicted molar refractivity (Wildman–Crippen MR) is 93.6 cm³/mol. The van der Waals surface area contributed by atoms with Crippen LogP contribution in [-0.4, -0.2) is 31.2 Å². The number of hydrogen-bond acceptors (Lipinski definition) is 4. The van der Waals surface area contributed by atoms with Crippen molar-refractivity contribution in [1.82, 2.24) is 4.98 Å². The van der Waals surface area contributed by atoms with Crippen molar-refractivity contribution in [2.45, 2.75) is 19.8 Å². The zero-order valence-electron chi connectivity index (χ0n) is 13.4. The van der Waals surface area contributed by atoms with Crippen LogP contribution in [0.1, 0.15) is 25.3 Å². The molecule has 1 fully saturated rings. The number of pyridine rings is 1. The number of nitrogens with two attached hydrogens (primary N) is 1. The van der Waals surface area contributed by atoms with Gasteiger partial charge in [0.15, 0.2) is 0 Å². The summed E-state index contributed by atoms with van der Waals surface area (Å²) in [4.78, 5) is 8.87. The first-order chi connectivity index (χ1) is 10.6. The minimum absolute atomic E-state index is 0.567. The lowest BCUT2D eigenvalue weighted by Crippen LogP contribution is -2.46. The Morgan fingerprint density at radius 3 is 2.45 bits per heavy atom. The van der Waals surface area contributed by atoms with Crippen molar-refractivity contribution in [3.8, 4) is 0 Å². The third kappa shape index (κ3) is 3.01. The topological polar surface area (TPSA) is 45.4 Å². The number of rotatable bonds is 3. The standard InChI is InChI=1S/C18H24N4/c1-14(2)15-4-3-5-16(12-15)21-8-10-22(11-9-21)18-6-7-20-13-17(18)19/h3-7,12-14H,8-11,19H2,1-2H3. The van der Waals surface area contributed by atoms with Gasteiger partial charge in [0.25, 0.3) is 0 Å². The van der Waals surface area contributed by atoms with E-state index in [4.69, 9.17) is 5.73 Å². The lowest BCUT2D eigenvalue weighted by atomic mass is 10.0. The molecule has 3 rings (SSSR count). The Kier molecular flexibility index (Phi) is 4.18. The van der Waals surface area contributed by atoms with E-state index < -0.39 is 0 Å². The van der Waals surface area contributed by atoms with E-state index in [9.17, 15) is 0 Å². The average molecular weight is 296 g/mol. The molecule has 1 aliphatic heterocycles. The first-order valence-corrected chi connectivity index (χ1v) is 7.94. The molecule has 4 heteroatoms. The molecule has 0 saturated carbocycles. The molecule has 0 aliphatic carbocycles.